The standard InChI is InChI=1S/C26H24N4O10S/c1-14(31)39-11-16-13-41-25-21(24(34)29(25)22(16)26(35)36)28-23(33)20(15-6-3-2-4-7-15)27-19(32)12-40-18-9-5-8-17(10-18)30(37)38/h2-10,20-21,25H,11-13H2,1H3,(H,27,32)(H,28,33)(H,35,36)/t20-,21+,25+/m0/s1. The minimum atomic E-state index is -1.37. The Bertz CT molecular complexity index is 1430. The van der Waals surface area contributed by atoms with Crippen LogP contribution >= 0.6 is 11.8 Å². The lowest BCUT2D eigenvalue weighted by atomic mass is 10.0. The average Bonchev–Trinajstić information content (AvgIpc) is 2.96. The molecule has 0 aromatic heterocycles. The van der Waals surface area contributed by atoms with Crippen molar-refractivity contribution in [1.82, 2.24) is 15.5 Å². The van der Waals surface area contributed by atoms with Crippen molar-refractivity contribution in [3.05, 3.63) is 81.5 Å². The van der Waals surface area contributed by atoms with Crippen LogP contribution in [0.25, 0.3) is 0 Å². The van der Waals surface area contributed by atoms with E-state index in [-0.39, 0.29) is 35.1 Å². The number of nitro benzene ring substituents is 1. The third-order valence-corrected chi connectivity index (χ3v) is 7.44. The van der Waals surface area contributed by atoms with Crippen LogP contribution in [0.4, 0.5) is 5.69 Å². The molecule has 2 aliphatic heterocycles. The lowest BCUT2D eigenvalue weighted by Crippen LogP contribution is -2.71. The first kappa shape index (κ1) is 29.1. The summed E-state index contributed by atoms with van der Waals surface area (Å²) < 4.78 is 10.3. The van der Waals surface area contributed by atoms with Crippen LogP contribution in [0, 0.1) is 10.1 Å². The van der Waals surface area contributed by atoms with Crippen molar-refractivity contribution in [3.63, 3.8) is 0 Å². The van der Waals surface area contributed by atoms with E-state index in [0.29, 0.717) is 5.56 Å². The Morgan fingerprint density at radius 3 is 2.56 bits per heavy atom. The lowest BCUT2D eigenvalue weighted by Gasteiger charge is -2.49. The minimum absolute atomic E-state index is 0.0832. The number of fused-ring (bicyclic) bond motifs is 1. The summed E-state index contributed by atoms with van der Waals surface area (Å²) in [4.78, 5) is 73.6. The molecule has 1 fully saturated rings. The Morgan fingerprint density at radius 1 is 1.17 bits per heavy atom. The number of carboxylic acid groups (broad SMARTS) is 1. The normalized spacial score (nSPS) is 18.4. The highest BCUT2D eigenvalue weighted by Crippen LogP contribution is 2.40. The van der Waals surface area contributed by atoms with E-state index in [9.17, 15) is 39.2 Å². The summed E-state index contributed by atoms with van der Waals surface area (Å²) in [5.74, 6) is -3.82. The maximum atomic E-state index is 13.3. The van der Waals surface area contributed by atoms with Gasteiger partial charge in [-0.2, -0.15) is 0 Å². The number of carbonyl (C=O) groups excluding carboxylic acids is 4. The summed E-state index contributed by atoms with van der Waals surface area (Å²) in [5.41, 5.74) is 0.147. The number of ether oxygens (including phenoxy) is 2. The molecule has 0 saturated carbocycles. The van der Waals surface area contributed by atoms with Crippen molar-refractivity contribution < 1.29 is 43.5 Å². The van der Waals surface area contributed by atoms with Gasteiger partial charge in [0.2, 0.25) is 5.91 Å². The fraction of sp³-hybridized carbons (Fsp3) is 0.269. The highest BCUT2D eigenvalue weighted by atomic mass is 32.2. The van der Waals surface area contributed by atoms with Crippen LogP contribution in [-0.2, 0) is 28.7 Å². The van der Waals surface area contributed by atoms with Gasteiger partial charge >= 0.3 is 11.9 Å². The van der Waals surface area contributed by atoms with Crippen LogP contribution in [-0.4, -0.2) is 75.0 Å². The quantitative estimate of drug-likeness (QED) is 0.148. The summed E-state index contributed by atoms with van der Waals surface area (Å²) >= 11 is 1.20. The molecule has 14 nitrogen and oxygen atoms in total. The Kier molecular flexibility index (Phi) is 8.87. The largest absolute Gasteiger partial charge is 0.484 e. The predicted octanol–water partition coefficient (Wildman–Crippen LogP) is 1.13. The molecule has 2 aromatic carbocycles. The van der Waals surface area contributed by atoms with Gasteiger partial charge in [-0.05, 0) is 11.6 Å². The fourth-order valence-corrected chi connectivity index (χ4v) is 5.53. The number of non-ortho nitro benzene ring substituents is 1. The smallest absolute Gasteiger partial charge is 0.352 e. The number of nitrogens with zero attached hydrogens (tertiary/aromatic N) is 2. The lowest BCUT2D eigenvalue weighted by molar-refractivity contribution is -0.384. The molecule has 0 radical (unpaired) electrons. The van der Waals surface area contributed by atoms with Crippen LogP contribution in [0.5, 0.6) is 5.75 Å². The molecule has 2 aromatic rings. The number of nitrogens with one attached hydrogen (secondary N) is 2. The molecule has 3 amide bonds. The first-order valence-corrected chi connectivity index (χ1v) is 13.2. The highest BCUT2D eigenvalue weighted by Gasteiger charge is 2.54. The second kappa shape index (κ2) is 12.5. The molecule has 2 heterocycles. The first-order valence-electron chi connectivity index (χ1n) is 12.1. The summed E-state index contributed by atoms with van der Waals surface area (Å²) in [5, 5.41) is 25.1. The van der Waals surface area contributed by atoms with Gasteiger partial charge in [0.25, 0.3) is 17.5 Å². The Labute approximate surface area is 236 Å². The van der Waals surface area contributed by atoms with E-state index in [0.717, 1.165) is 11.0 Å². The van der Waals surface area contributed by atoms with E-state index < -0.39 is 58.6 Å². The van der Waals surface area contributed by atoms with Crippen LogP contribution < -0.4 is 15.4 Å². The Balaban J connectivity index is 1.45. The predicted molar refractivity (Wildman–Crippen MR) is 142 cm³/mol. The van der Waals surface area contributed by atoms with Gasteiger partial charge in [-0.15, -0.1) is 11.8 Å². The molecule has 0 spiro atoms. The maximum Gasteiger partial charge on any atom is 0.352 e. The molecule has 15 heteroatoms. The van der Waals surface area contributed by atoms with Gasteiger partial charge in [-0.25, -0.2) is 4.79 Å². The van der Waals surface area contributed by atoms with Crippen LogP contribution in [0.15, 0.2) is 65.9 Å². The number of hydrogen-bond acceptors (Lipinski definition) is 10. The van der Waals surface area contributed by atoms with Crippen molar-refractivity contribution in [2.24, 2.45) is 0 Å². The number of thioether (sulfide) groups is 1. The second-order valence-electron chi connectivity index (χ2n) is 8.89. The summed E-state index contributed by atoms with van der Waals surface area (Å²) in [6.07, 6.45) is 0. The van der Waals surface area contributed by atoms with E-state index in [4.69, 9.17) is 9.47 Å². The van der Waals surface area contributed by atoms with E-state index in [1.54, 1.807) is 30.3 Å². The average molecular weight is 585 g/mol. The van der Waals surface area contributed by atoms with Gasteiger partial charge < -0.3 is 25.2 Å². The summed E-state index contributed by atoms with van der Waals surface area (Å²) in [6, 6.07) is 11.2. The molecule has 0 bridgehead atoms. The third kappa shape index (κ3) is 6.63. The number of benzene rings is 2. The Hall–Kier alpha value is -4.92. The van der Waals surface area contributed by atoms with Crippen molar-refractivity contribution in [2.75, 3.05) is 19.0 Å². The highest BCUT2D eigenvalue weighted by molar-refractivity contribution is 8.00. The number of β-lactam (4-membered cyclic amide) rings is 1. The van der Waals surface area contributed by atoms with Gasteiger partial charge in [-0.3, -0.25) is 34.2 Å². The van der Waals surface area contributed by atoms with Crippen molar-refractivity contribution >= 4 is 47.1 Å². The molecular formula is C26H24N4O10S. The van der Waals surface area contributed by atoms with E-state index in [2.05, 4.69) is 10.6 Å². The van der Waals surface area contributed by atoms with Crippen LogP contribution in [0.1, 0.15) is 18.5 Å². The molecule has 0 unspecified atom stereocenters. The maximum absolute atomic E-state index is 13.3. The number of carboxylic acids is 1. The topological polar surface area (TPSA) is 194 Å². The fourth-order valence-electron chi connectivity index (χ4n) is 4.20. The number of esters is 1. The van der Waals surface area contributed by atoms with E-state index in [1.165, 1.54) is 36.9 Å². The molecule has 214 valence electrons. The molecular weight excluding hydrogens is 560 g/mol. The first-order chi connectivity index (χ1) is 19.6. The van der Waals surface area contributed by atoms with Crippen molar-refractivity contribution in [1.29, 1.82) is 0 Å². The van der Waals surface area contributed by atoms with E-state index in [1.807, 2.05) is 0 Å². The van der Waals surface area contributed by atoms with Gasteiger partial charge in [0, 0.05) is 24.3 Å². The van der Waals surface area contributed by atoms with Crippen molar-refractivity contribution in [3.8, 4) is 5.75 Å². The summed E-state index contributed by atoms with van der Waals surface area (Å²) in [6.45, 7) is 0.351. The number of rotatable bonds is 11. The number of carbonyl (C=O) groups is 5. The number of hydrogen-bond donors (Lipinski definition) is 3. The molecule has 0 aliphatic carbocycles. The zero-order valence-electron chi connectivity index (χ0n) is 21.5. The zero-order chi connectivity index (χ0) is 29.7. The van der Waals surface area contributed by atoms with Gasteiger partial charge in [0.15, 0.2) is 6.61 Å². The van der Waals surface area contributed by atoms with Crippen LogP contribution in [0.3, 0.4) is 0 Å². The monoisotopic (exact) mass is 584 g/mol. The molecule has 4 rings (SSSR count). The summed E-state index contributed by atoms with van der Waals surface area (Å²) in [7, 11) is 0. The van der Waals surface area contributed by atoms with Crippen molar-refractivity contribution in [2.45, 2.75) is 24.4 Å². The number of nitro groups is 1. The van der Waals surface area contributed by atoms with E-state index >= 15 is 0 Å². The second-order valence-corrected chi connectivity index (χ2v) is 9.99. The van der Waals surface area contributed by atoms with Gasteiger partial charge in [0.05, 0.1) is 11.0 Å². The zero-order valence-corrected chi connectivity index (χ0v) is 22.3. The molecule has 41 heavy (non-hydrogen) atoms. The molecule has 1 saturated heterocycles. The Morgan fingerprint density at radius 2 is 1.90 bits per heavy atom. The van der Waals surface area contributed by atoms with Crippen LogP contribution in [0.2, 0.25) is 0 Å². The SMILES string of the molecule is CC(=O)OCC1=C(C(=O)O)N2C(=O)[C@@H](NC(=O)[C@@H](NC(=O)COc3cccc([N+](=O)[O-])c3)c3ccccc3)[C@H]2SC1. The number of aliphatic carboxylic acids is 1. The molecule has 3 N–H and O–H groups in total. The molecule has 2 aliphatic rings. The van der Waals surface area contributed by atoms with Gasteiger partial charge in [0.1, 0.15) is 35.5 Å². The number of amides is 3. The third-order valence-electron chi connectivity index (χ3n) is 6.10. The van der Waals surface area contributed by atoms with Gasteiger partial charge in [-0.1, -0.05) is 36.4 Å². The molecule has 3 atom stereocenters. The minimum Gasteiger partial charge on any atom is -0.484 e.